The van der Waals surface area contributed by atoms with Crippen molar-refractivity contribution in [1.29, 1.82) is 5.41 Å². The van der Waals surface area contributed by atoms with Gasteiger partial charge in [0, 0.05) is 35.8 Å². The van der Waals surface area contributed by atoms with Crippen molar-refractivity contribution < 1.29 is 9.53 Å². The van der Waals surface area contributed by atoms with Gasteiger partial charge in [0.15, 0.2) is 0 Å². The molecule has 5 nitrogen and oxygen atoms in total. The van der Waals surface area contributed by atoms with Gasteiger partial charge in [-0.2, -0.15) is 0 Å². The molecule has 3 N–H and O–H groups in total. The maximum atomic E-state index is 13.2. The van der Waals surface area contributed by atoms with Crippen LogP contribution in [0.2, 0.25) is 0 Å². The Balaban J connectivity index is 1.78. The van der Waals surface area contributed by atoms with Crippen molar-refractivity contribution in [2.24, 2.45) is 5.73 Å². The molecule has 0 aliphatic carbocycles. The second-order valence-corrected chi connectivity index (χ2v) is 9.18. The van der Waals surface area contributed by atoms with Gasteiger partial charge in [-0.1, -0.05) is 35.9 Å². The van der Waals surface area contributed by atoms with Crippen LogP contribution in [0.4, 0.5) is 0 Å². The first-order chi connectivity index (χ1) is 15.1. The first kappa shape index (κ1) is 23.7. The van der Waals surface area contributed by atoms with E-state index < -0.39 is 0 Å². The van der Waals surface area contributed by atoms with E-state index in [-0.39, 0.29) is 18.6 Å². The van der Waals surface area contributed by atoms with E-state index in [0.717, 1.165) is 29.8 Å². The van der Waals surface area contributed by atoms with Gasteiger partial charge in [0.05, 0.1) is 18.4 Å². The number of aryl methyl sites for hydroxylation is 3. The van der Waals surface area contributed by atoms with Crippen LogP contribution < -0.4 is 5.73 Å². The molecule has 1 saturated heterocycles. The summed E-state index contributed by atoms with van der Waals surface area (Å²) in [5.41, 5.74) is 13.5. The maximum absolute atomic E-state index is 13.2. The zero-order chi connectivity index (χ0) is 23.6. The van der Waals surface area contributed by atoms with Crippen LogP contribution >= 0.6 is 0 Å². The molecule has 170 valence electrons. The van der Waals surface area contributed by atoms with E-state index in [9.17, 15) is 4.79 Å². The number of rotatable bonds is 7. The predicted octanol–water partition coefficient (Wildman–Crippen LogP) is 4.88. The van der Waals surface area contributed by atoms with E-state index in [1.165, 1.54) is 11.1 Å². The molecular weight excluding hydrogens is 398 g/mol. The number of benzene rings is 2. The molecular formula is C27H35N3O2. The molecule has 2 aromatic rings. The number of nitrogens with zero attached hydrogens (tertiary/aromatic N) is 1. The van der Waals surface area contributed by atoms with Gasteiger partial charge in [-0.3, -0.25) is 10.2 Å². The average molecular weight is 434 g/mol. The van der Waals surface area contributed by atoms with Crippen LogP contribution in [0, 0.1) is 26.2 Å². The van der Waals surface area contributed by atoms with Gasteiger partial charge in [-0.15, -0.1) is 0 Å². The van der Waals surface area contributed by atoms with Gasteiger partial charge in [0.2, 0.25) is 0 Å². The summed E-state index contributed by atoms with van der Waals surface area (Å²) in [6, 6.07) is 12.4. The summed E-state index contributed by atoms with van der Waals surface area (Å²) in [5.74, 6) is 0.409. The molecule has 32 heavy (non-hydrogen) atoms. The van der Waals surface area contributed by atoms with Gasteiger partial charge < -0.3 is 15.4 Å². The number of nitrogens with one attached hydrogen (secondary N) is 1. The van der Waals surface area contributed by atoms with Gasteiger partial charge in [0.25, 0.3) is 5.91 Å². The van der Waals surface area contributed by atoms with Crippen molar-refractivity contribution in [2.75, 3.05) is 19.7 Å². The van der Waals surface area contributed by atoms with Gasteiger partial charge in [0.1, 0.15) is 0 Å². The van der Waals surface area contributed by atoms with Gasteiger partial charge in [-0.05, 0) is 69.9 Å². The topological polar surface area (TPSA) is 79.4 Å². The Morgan fingerprint density at radius 3 is 2.28 bits per heavy atom. The van der Waals surface area contributed by atoms with Crippen molar-refractivity contribution in [2.45, 2.75) is 53.6 Å². The number of likely N-dealkylation sites (tertiary alicyclic amines) is 1. The number of amides is 1. The first-order valence-electron chi connectivity index (χ1n) is 11.2. The molecule has 3 rings (SSSR count). The summed E-state index contributed by atoms with van der Waals surface area (Å²) in [6.45, 7) is 13.5. The molecule has 0 bridgehead atoms. The van der Waals surface area contributed by atoms with Crippen LogP contribution in [-0.2, 0) is 4.74 Å². The number of carbonyl (C=O) groups excluding carboxylic acids is 1. The molecule has 1 heterocycles. The van der Waals surface area contributed by atoms with Gasteiger partial charge in [-0.25, -0.2) is 0 Å². The molecule has 0 spiro atoms. The number of carbonyl (C=O) groups is 1. The smallest absolute Gasteiger partial charge is 0.254 e. The fourth-order valence-corrected chi connectivity index (χ4v) is 3.94. The van der Waals surface area contributed by atoms with Crippen LogP contribution in [-0.4, -0.2) is 42.3 Å². The Hall–Kier alpha value is -2.92. The summed E-state index contributed by atoms with van der Waals surface area (Å²) in [5, 5.41) is 8.71. The van der Waals surface area contributed by atoms with E-state index in [1.54, 1.807) is 0 Å². The zero-order valence-corrected chi connectivity index (χ0v) is 20.1. The second-order valence-electron chi connectivity index (χ2n) is 9.18. The minimum absolute atomic E-state index is 0.0256. The monoisotopic (exact) mass is 433 g/mol. The highest BCUT2D eigenvalue weighted by atomic mass is 16.5. The fraction of sp³-hybridized carbons (Fsp3) is 0.407. The second kappa shape index (κ2) is 9.70. The van der Waals surface area contributed by atoms with Crippen LogP contribution in [0.25, 0.3) is 0 Å². The summed E-state index contributed by atoms with van der Waals surface area (Å²) >= 11 is 0. The normalized spacial score (nSPS) is 14.9. The molecule has 0 saturated carbocycles. The minimum Gasteiger partial charge on any atom is -0.400 e. The molecule has 1 fully saturated rings. The van der Waals surface area contributed by atoms with E-state index in [4.69, 9.17) is 15.9 Å². The lowest BCUT2D eigenvalue weighted by atomic mass is 9.89. The van der Waals surface area contributed by atoms with E-state index >= 15 is 0 Å². The number of hydrogen-bond donors (Lipinski definition) is 2. The van der Waals surface area contributed by atoms with Crippen molar-refractivity contribution in [3.05, 3.63) is 81.0 Å². The minimum atomic E-state index is 0.0256. The summed E-state index contributed by atoms with van der Waals surface area (Å²) in [7, 11) is 0. The molecule has 0 radical (unpaired) electrons. The third-order valence-corrected chi connectivity index (χ3v) is 6.22. The lowest BCUT2D eigenvalue weighted by Gasteiger charge is -2.40. The SMILES string of the molecule is C/C(C(=N)c1cc(C(=O)N2CC(c3ccc(C)cc3)C2)c(C)cc1C)=C(/N)COC(C)C. The molecule has 1 aliphatic rings. The van der Waals surface area contributed by atoms with Crippen LogP contribution in [0.5, 0.6) is 0 Å². The van der Waals surface area contributed by atoms with Crippen molar-refractivity contribution in [3.8, 4) is 0 Å². The van der Waals surface area contributed by atoms with E-state index in [0.29, 0.717) is 28.5 Å². The number of hydrogen-bond acceptors (Lipinski definition) is 4. The van der Waals surface area contributed by atoms with Gasteiger partial charge >= 0.3 is 0 Å². The lowest BCUT2D eigenvalue weighted by molar-refractivity contribution is 0.0601. The molecule has 0 atom stereocenters. The third-order valence-electron chi connectivity index (χ3n) is 6.22. The van der Waals surface area contributed by atoms with E-state index in [2.05, 4.69) is 31.2 Å². The largest absolute Gasteiger partial charge is 0.400 e. The Morgan fingerprint density at radius 1 is 1.09 bits per heavy atom. The molecule has 1 amide bonds. The average Bonchev–Trinajstić information content (AvgIpc) is 2.71. The maximum Gasteiger partial charge on any atom is 0.254 e. The first-order valence-corrected chi connectivity index (χ1v) is 11.2. The van der Waals surface area contributed by atoms with Crippen LogP contribution in [0.15, 0.2) is 47.7 Å². The summed E-state index contributed by atoms with van der Waals surface area (Å²) < 4.78 is 5.59. The highest BCUT2D eigenvalue weighted by Gasteiger charge is 2.33. The third kappa shape index (κ3) is 5.10. The number of nitrogens with two attached hydrogens (primary N) is 1. The van der Waals surface area contributed by atoms with Crippen LogP contribution in [0.3, 0.4) is 0 Å². The Bertz CT molecular complexity index is 1050. The Kier molecular flexibility index (Phi) is 7.19. The molecule has 0 unspecified atom stereocenters. The van der Waals surface area contributed by atoms with E-state index in [1.807, 2.05) is 51.7 Å². The standard InChI is InChI=1S/C27H35N3O2/c1-16(2)32-15-25(28)20(6)26(29)23-12-24(19(5)11-18(23)4)27(31)30-13-22(14-30)21-9-7-17(3)8-10-21/h7-12,16,22,29H,13-15,28H2,1-6H3/b25-20-,29-26?. The zero-order valence-electron chi connectivity index (χ0n) is 20.1. The summed E-state index contributed by atoms with van der Waals surface area (Å²) in [4.78, 5) is 15.1. The summed E-state index contributed by atoms with van der Waals surface area (Å²) in [6.07, 6.45) is 0.0705. The predicted molar refractivity (Wildman–Crippen MR) is 131 cm³/mol. The lowest BCUT2D eigenvalue weighted by Crippen LogP contribution is -2.48. The highest BCUT2D eigenvalue weighted by Crippen LogP contribution is 2.30. The quantitative estimate of drug-likeness (QED) is 0.611. The van der Waals surface area contributed by atoms with Crippen molar-refractivity contribution in [3.63, 3.8) is 0 Å². The van der Waals surface area contributed by atoms with Crippen molar-refractivity contribution in [1.82, 2.24) is 4.90 Å². The molecule has 0 aromatic heterocycles. The number of allylic oxidation sites excluding steroid dienone is 1. The Morgan fingerprint density at radius 2 is 1.69 bits per heavy atom. The van der Waals surface area contributed by atoms with Crippen molar-refractivity contribution >= 4 is 11.6 Å². The molecule has 5 heteroatoms. The molecule has 1 aliphatic heterocycles. The fourth-order valence-electron chi connectivity index (χ4n) is 3.94. The number of ether oxygens (including phenoxy) is 1. The van der Waals surface area contributed by atoms with Crippen LogP contribution in [0.1, 0.15) is 64.9 Å². The highest BCUT2D eigenvalue weighted by molar-refractivity contribution is 6.12. The Labute approximate surface area is 191 Å². The molecule has 2 aromatic carbocycles.